The summed E-state index contributed by atoms with van der Waals surface area (Å²) in [5.41, 5.74) is 0.909. The number of rotatable bonds is 6. The highest BCUT2D eigenvalue weighted by molar-refractivity contribution is 6.31. The lowest BCUT2D eigenvalue weighted by molar-refractivity contribution is -0.141. The molecule has 1 saturated heterocycles. The highest BCUT2D eigenvalue weighted by Crippen LogP contribution is 2.45. The summed E-state index contributed by atoms with van der Waals surface area (Å²) in [6.07, 6.45) is -0.325. The first-order valence-corrected chi connectivity index (χ1v) is 14.2. The zero-order valence-electron chi connectivity index (χ0n) is 23.5. The zero-order valence-corrected chi connectivity index (χ0v) is 24.3. The molecule has 3 amide bonds. The number of nitrogens with zero attached hydrogens (tertiary/aromatic N) is 3. The SMILES string of the molecule is COC(=O)Nc1ccc(-c2nnc(C(Cc3ccccc3)C(=O)N3CCC[C@@]4(C3)OC(=O)Nc3ccc(Cl)c(F)c34)o2)cc1. The number of halogens is 2. The van der Waals surface area contributed by atoms with Crippen molar-refractivity contribution < 1.29 is 32.7 Å². The van der Waals surface area contributed by atoms with E-state index < -0.39 is 29.5 Å². The predicted octanol–water partition coefficient (Wildman–Crippen LogP) is 6.11. The molecule has 13 heteroatoms. The van der Waals surface area contributed by atoms with Gasteiger partial charge in [0.2, 0.25) is 17.7 Å². The van der Waals surface area contributed by atoms with Crippen LogP contribution >= 0.6 is 11.6 Å². The summed E-state index contributed by atoms with van der Waals surface area (Å²) in [7, 11) is 1.27. The number of fused-ring (bicyclic) bond motifs is 2. The molecular weight excluding hydrogens is 593 g/mol. The number of ether oxygens (including phenoxy) is 2. The van der Waals surface area contributed by atoms with Crippen molar-refractivity contribution in [3.63, 3.8) is 0 Å². The van der Waals surface area contributed by atoms with Crippen LogP contribution in [0.1, 0.15) is 35.8 Å². The first-order valence-electron chi connectivity index (χ1n) is 13.9. The van der Waals surface area contributed by atoms with Crippen LogP contribution in [0.15, 0.2) is 71.1 Å². The summed E-state index contributed by atoms with van der Waals surface area (Å²) in [5, 5.41) is 13.4. The summed E-state index contributed by atoms with van der Waals surface area (Å²) >= 11 is 6.12. The van der Waals surface area contributed by atoms with Gasteiger partial charge in [-0.15, -0.1) is 10.2 Å². The second kappa shape index (κ2) is 12.0. The van der Waals surface area contributed by atoms with Gasteiger partial charge in [0.1, 0.15) is 5.92 Å². The molecular formula is C31H27ClFN5O6. The molecule has 2 aliphatic heterocycles. The van der Waals surface area contributed by atoms with Crippen LogP contribution in [0.2, 0.25) is 5.02 Å². The number of benzene rings is 3. The molecule has 0 saturated carbocycles. The summed E-state index contributed by atoms with van der Waals surface area (Å²) in [6, 6.07) is 19.0. The molecule has 3 aromatic carbocycles. The third-order valence-corrected chi connectivity index (χ3v) is 8.02. The van der Waals surface area contributed by atoms with E-state index >= 15 is 4.39 Å². The lowest BCUT2D eigenvalue weighted by Crippen LogP contribution is -2.54. The Bertz CT molecular complexity index is 1720. The van der Waals surface area contributed by atoms with Gasteiger partial charge >= 0.3 is 12.2 Å². The number of carbonyl (C=O) groups is 3. The number of hydrogen-bond donors (Lipinski definition) is 2. The van der Waals surface area contributed by atoms with Crippen molar-refractivity contribution in [1.29, 1.82) is 0 Å². The number of methoxy groups -OCH3 is 1. The van der Waals surface area contributed by atoms with Crippen LogP contribution in [-0.2, 0) is 26.3 Å². The zero-order chi connectivity index (χ0) is 30.8. The Labute approximate surface area is 256 Å². The molecule has 2 aliphatic rings. The Morgan fingerprint density at radius 1 is 1.14 bits per heavy atom. The average molecular weight is 620 g/mol. The minimum atomic E-state index is -1.42. The van der Waals surface area contributed by atoms with Gasteiger partial charge in [0.25, 0.3) is 0 Å². The standard InChI is InChI=1S/C31H27ClFN5O6/c1-42-29(40)34-20-10-8-19(9-11-20)26-36-37-27(43-26)21(16-18-6-3-2-4-7-18)28(39)38-15-5-14-31(17-38)24-23(35-30(41)44-31)13-12-22(32)25(24)33/h2-4,6-13,21H,5,14-17H2,1H3,(H,34,40)(H,35,41)/t21?,31-/m0/s1. The summed E-state index contributed by atoms with van der Waals surface area (Å²) < 4.78 is 31.8. The number of anilines is 2. The number of hydrogen-bond acceptors (Lipinski definition) is 8. The van der Waals surface area contributed by atoms with Crippen molar-refractivity contribution in [1.82, 2.24) is 15.1 Å². The maximum Gasteiger partial charge on any atom is 0.412 e. The van der Waals surface area contributed by atoms with Crippen LogP contribution < -0.4 is 10.6 Å². The molecule has 6 rings (SSSR count). The summed E-state index contributed by atoms with van der Waals surface area (Å²) in [5.74, 6) is -1.63. The molecule has 0 radical (unpaired) electrons. The van der Waals surface area contributed by atoms with Gasteiger partial charge in [-0.3, -0.25) is 15.4 Å². The van der Waals surface area contributed by atoms with Crippen LogP contribution in [0.3, 0.4) is 0 Å². The smallest absolute Gasteiger partial charge is 0.412 e. The van der Waals surface area contributed by atoms with Crippen molar-refractivity contribution in [2.24, 2.45) is 0 Å². The van der Waals surface area contributed by atoms with E-state index in [2.05, 4.69) is 25.6 Å². The number of aromatic nitrogens is 2. The van der Waals surface area contributed by atoms with E-state index in [1.165, 1.54) is 19.2 Å². The maximum absolute atomic E-state index is 15.4. The molecule has 226 valence electrons. The van der Waals surface area contributed by atoms with E-state index in [-0.39, 0.29) is 46.9 Å². The monoisotopic (exact) mass is 619 g/mol. The normalized spacial score (nSPS) is 18.2. The fourth-order valence-corrected chi connectivity index (χ4v) is 5.83. The number of piperidine rings is 1. The van der Waals surface area contributed by atoms with Gasteiger partial charge in [-0.1, -0.05) is 41.9 Å². The molecule has 1 fully saturated rings. The average Bonchev–Trinajstić information content (AvgIpc) is 3.52. The number of amides is 3. The number of likely N-dealkylation sites (tertiary alicyclic amines) is 1. The Kier molecular flexibility index (Phi) is 7.92. The van der Waals surface area contributed by atoms with Gasteiger partial charge in [-0.2, -0.15) is 0 Å². The van der Waals surface area contributed by atoms with Crippen LogP contribution in [0, 0.1) is 5.82 Å². The lowest BCUT2D eigenvalue weighted by atomic mass is 9.82. The summed E-state index contributed by atoms with van der Waals surface area (Å²) in [4.78, 5) is 39.9. The third-order valence-electron chi connectivity index (χ3n) is 7.72. The van der Waals surface area contributed by atoms with Gasteiger partial charge in [0.15, 0.2) is 11.4 Å². The van der Waals surface area contributed by atoms with Crippen molar-refractivity contribution in [3.05, 3.63) is 94.6 Å². The molecule has 0 bridgehead atoms. The molecule has 2 atom stereocenters. The van der Waals surface area contributed by atoms with Gasteiger partial charge in [-0.25, -0.2) is 14.0 Å². The van der Waals surface area contributed by atoms with E-state index in [0.717, 1.165) is 5.56 Å². The van der Waals surface area contributed by atoms with E-state index in [0.29, 0.717) is 30.6 Å². The molecule has 1 unspecified atom stereocenters. The van der Waals surface area contributed by atoms with Crippen LogP contribution in [0.25, 0.3) is 11.5 Å². The molecule has 0 aliphatic carbocycles. The highest BCUT2D eigenvalue weighted by Gasteiger charge is 2.49. The molecule has 1 spiro atoms. The second-order valence-electron chi connectivity index (χ2n) is 10.5. The van der Waals surface area contributed by atoms with Crippen molar-refractivity contribution in [2.45, 2.75) is 30.8 Å². The van der Waals surface area contributed by atoms with Gasteiger partial charge < -0.3 is 18.8 Å². The van der Waals surface area contributed by atoms with Gasteiger partial charge in [-0.05, 0) is 61.2 Å². The lowest BCUT2D eigenvalue weighted by Gasteiger charge is -2.45. The topological polar surface area (TPSA) is 136 Å². The van der Waals surface area contributed by atoms with Gasteiger partial charge in [0.05, 0.1) is 29.9 Å². The summed E-state index contributed by atoms with van der Waals surface area (Å²) in [6.45, 7) is 0.272. The largest absolute Gasteiger partial charge is 0.453 e. The first kappa shape index (κ1) is 29.1. The van der Waals surface area contributed by atoms with E-state index in [9.17, 15) is 14.4 Å². The Morgan fingerprint density at radius 3 is 2.66 bits per heavy atom. The molecule has 4 aromatic rings. The van der Waals surface area contributed by atoms with Crippen molar-refractivity contribution in [3.8, 4) is 11.5 Å². The Morgan fingerprint density at radius 2 is 1.91 bits per heavy atom. The first-order chi connectivity index (χ1) is 21.3. The van der Waals surface area contributed by atoms with E-state index in [4.69, 9.17) is 20.8 Å². The number of carbonyl (C=O) groups excluding carboxylic acids is 3. The van der Waals surface area contributed by atoms with Crippen molar-refractivity contribution >= 4 is 41.1 Å². The minimum Gasteiger partial charge on any atom is -0.453 e. The highest BCUT2D eigenvalue weighted by atomic mass is 35.5. The maximum atomic E-state index is 15.4. The second-order valence-corrected chi connectivity index (χ2v) is 10.9. The fraction of sp³-hybridized carbons (Fsp3) is 0.258. The molecule has 1 aromatic heterocycles. The van der Waals surface area contributed by atoms with Crippen LogP contribution in [0.5, 0.6) is 0 Å². The Hall–Kier alpha value is -4.97. The van der Waals surface area contributed by atoms with E-state index in [1.54, 1.807) is 29.2 Å². The molecule has 3 heterocycles. The Balaban J connectivity index is 1.31. The van der Waals surface area contributed by atoms with Gasteiger partial charge in [0, 0.05) is 17.8 Å². The molecule has 44 heavy (non-hydrogen) atoms. The predicted molar refractivity (Wildman–Crippen MR) is 158 cm³/mol. The van der Waals surface area contributed by atoms with Crippen molar-refractivity contribution in [2.75, 3.05) is 30.8 Å². The molecule has 11 nitrogen and oxygen atoms in total. The molecule has 2 N–H and O–H groups in total. The number of nitrogens with one attached hydrogen (secondary N) is 2. The van der Waals surface area contributed by atoms with Crippen LogP contribution in [0.4, 0.5) is 25.4 Å². The van der Waals surface area contributed by atoms with Crippen LogP contribution in [-0.4, -0.2) is 53.4 Å². The minimum absolute atomic E-state index is 0.0789. The quantitative estimate of drug-likeness (QED) is 0.264. The van der Waals surface area contributed by atoms with E-state index in [1.807, 2.05) is 30.3 Å². The fourth-order valence-electron chi connectivity index (χ4n) is 5.67. The third kappa shape index (κ3) is 5.68.